The zero-order valence-corrected chi connectivity index (χ0v) is 12.2. The zero-order valence-electron chi connectivity index (χ0n) is 12.2. The maximum Gasteiger partial charge on any atom is 0.148 e. The van der Waals surface area contributed by atoms with Crippen molar-refractivity contribution in [1.29, 1.82) is 0 Å². The minimum absolute atomic E-state index is 0.512. The van der Waals surface area contributed by atoms with E-state index in [1.54, 1.807) is 6.33 Å². The second-order valence-corrected chi connectivity index (χ2v) is 5.29. The number of rotatable bonds is 3. The molecular formula is C13H24N6. The fourth-order valence-corrected chi connectivity index (χ4v) is 2.70. The minimum atomic E-state index is 0.512. The average Bonchev–Trinajstić information content (AvgIpc) is 2.43. The molecule has 6 nitrogen and oxygen atoms in total. The summed E-state index contributed by atoms with van der Waals surface area (Å²) in [6.45, 7) is 8.56. The van der Waals surface area contributed by atoms with Gasteiger partial charge >= 0.3 is 0 Å². The highest BCUT2D eigenvalue weighted by Gasteiger charge is 2.28. The maximum atomic E-state index is 5.53. The first-order chi connectivity index (χ1) is 9.08. The van der Waals surface area contributed by atoms with Crippen LogP contribution in [0, 0.1) is 0 Å². The molecule has 0 amide bonds. The van der Waals surface area contributed by atoms with Crippen molar-refractivity contribution < 1.29 is 0 Å². The Morgan fingerprint density at radius 2 is 1.95 bits per heavy atom. The van der Waals surface area contributed by atoms with Crippen molar-refractivity contribution in [3.05, 3.63) is 11.9 Å². The van der Waals surface area contributed by atoms with Crippen LogP contribution in [0.2, 0.25) is 0 Å². The molecule has 106 valence electrons. The third-order valence-corrected chi connectivity index (χ3v) is 4.07. The highest BCUT2D eigenvalue weighted by molar-refractivity contribution is 5.58. The molecule has 0 radical (unpaired) electrons. The van der Waals surface area contributed by atoms with Crippen molar-refractivity contribution in [2.75, 3.05) is 30.5 Å². The largest absolute Gasteiger partial charge is 0.353 e. The molecule has 1 aromatic rings. The lowest BCUT2D eigenvalue weighted by molar-refractivity contribution is 0.169. The molecule has 0 spiro atoms. The van der Waals surface area contributed by atoms with Crippen LogP contribution in [-0.4, -0.2) is 47.1 Å². The number of hydrazine groups is 1. The summed E-state index contributed by atoms with van der Waals surface area (Å²) in [5, 5.41) is 0. The lowest BCUT2D eigenvalue weighted by Crippen LogP contribution is -2.55. The number of nitrogens with one attached hydrogen (secondary N) is 1. The van der Waals surface area contributed by atoms with E-state index in [4.69, 9.17) is 5.84 Å². The second-order valence-electron chi connectivity index (χ2n) is 5.29. The van der Waals surface area contributed by atoms with E-state index in [2.05, 4.69) is 53.0 Å². The van der Waals surface area contributed by atoms with Crippen molar-refractivity contribution in [3.8, 4) is 0 Å². The average molecular weight is 264 g/mol. The monoisotopic (exact) mass is 264 g/mol. The predicted molar refractivity (Wildman–Crippen MR) is 78.1 cm³/mol. The number of nitrogens with two attached hydrogens (primary N) is 1. The molecule has 1 aliphatic rings. The van der Waals surface area contributed by atoms with Crippen LogP contribution in [0.5, 0.6) is 0 Å². The van der Waals surface area contributed by atoms with Crippen molar-refractivity contribution >= 4 is 11.6 Å². The van der Waals surface area contributed by atoms with Gasteiger partial charge in [-0.2, -0.15) is 0 Å². The number of hydrogen-bond acceptors (Lipinski definition) is 6. The summed E-state index contributed by atoms with van der Waals surface area (Å²) in [6, 6.07) is 1.02. The van der Waals surface area contributed by atoms with Crippen LogP contribution in [-0.2, 0) is 6.42 Å². The summed E-state index contributed by atoms with van der Waals surface area (Å²) in [5.74, 6) is 7.27. The van der Waals surface area contributed by atoms with Crippen molar-refractivity contribution in [2.24, 2.45) is 5.84 Å². The van der Waals surface area contributed by atoms with Crippen LogP contribution in [0.25, 0.3) is 0 Å². The predicted octanol–water partition coefficient (Wildman–Crippen LogP) is 0.853. The highest BCUT2D eigenvalue weighted by atomic mass is 15.3. The molecule has 6 heteroatoms. The molecule has 2 atom stereocenters. The Morgan fingerprint density at radius 1 is 1.32 bits per heavy atom. The minimum Gasteiger partial charge on any atom is -0.353 e. The number of likely N-dealkylation sites (N-methyl/N-ethyl adjacent to an activating group) is 1. The van der Waals surface area contributed by atoms with Gasteiger partial charge in [0, 0.05) is 30.7 Å². The third-order valence-electron chi connectivity index (χ3n) is 4.07. The highest BCUT2D eigenvalue weighted by Crippen LogP contribution is 2.26. The van der Waals surface area contributed by atoms with Crippen molar-refractivity contribution in [2.45, 2.75) is 39.3 Å². The molecule has 0 saturated carbocycles. The van der Waals surface area contributed by atoms with E-state index in [0.29, 0.717) is 12.1 Å². The van der Waals surface area contributed by atoms with Gasteiger partial charge in [-0.1, -0.05) is 6.92 Å². The van der Waals surface area contributed by atoms with Gasteiger partial charge in [0.25, 0.3) is 0 Å². The first-order valence-corrected chi connectivity index (χ1v) is 6.85. The number of aromatic nitrogens is 2. The van der Waals surface area contributed by atoms with Crippen LogP contribution in [0.1, 0.15) is 26.3 Å². The molecule has 3 N–H and O–H groups in total. The number of nitrogen functional groups attached to an aromatic ring is 1. The Bertz CT molecular complexity index is 423. The Hall–Kier alpha value is -1.40. The molecule has 2 heterocycles. The van der Waals surface area contributed by atoms with E-state index in [1.807, 2.05) is 0 Å². The van der Waals surface area contributed by atoms with Crippen molar-refractivity contribution in [3.63, 3.8) is 0 Å². The first kappa shape index (κ1) is 14.0. The lowest BCUT2D eigenvalue weighted by Gasteiger charge is -2.43. The van der Waals surface area contributed by atoms with Gasteiger partial charge in [0.2, 0.25) is 0 Å². The van der Waals surface area contributed by atoms with E-state index in [9.17, 15) is 0 Å². The Balaban J connectivity index is 2.31. The second kappa shape index (κ2) is 5.71. The first-order valence-electron chi connectivity index (χ1n) is 6.85. The van der Waals surface area contributed by atoms with Crippen LogP contribution in [0.3, 0.4) is 0 Å². The van der Waals surface area contributed by atoms with Gasteiger partial charge < -0.3 is 10.3 Å². The lowest BCUT2D eigenvalue weighted by atomic mass is 10.1. The molecule has 0 bridgehead atoms. The molecule has 1 aromatic heterocycles. The Morgan fingerprint density at radius 3 is 2.47 bits per heavy atom. The molecular weight excluding hydrogens is 240 g/mol. The molecule has 1 fully saturated rings. The van der Waals surface area contributed by atoms with E-state index in [0.717, 1.165) is 36.7 Å². The fourth-order valence-electron chi connectivity index (χ4n) is 2.70. The smallest absolute Gasteiger partial charge is 0.148 e. The molecule has 1 aliphatic heterocycles. The van der Waals surface area contributed by atoms with Gasteiger partial charge in [-0.3, -0.25) is 4.90 Å². The van der Waals surface area contributed by atoms with Gasteiger partial charge in [-0.05, 0) is 27.3 Å². The SMILES string of the molecule is CCc1c(NN)ncnc1N1CC(C)N(C)C(C)C1. The summed E-state index contributed by atoms with van der Waals surface area (Å²) in [4.78, 5) is 13.4. The molecule has 0 aliphatic carbocycles. The van der Waals surface area contributed by atoms with E-state index in [1.165, 1.54) is 0 Å². The fraction of sp³-hybridized carbons (Fsp3) is 0.692. The van der Waals surface area contributed by atoms with Crippen LogP contribution >= 0.6 is 0 Å². The van der Waals surface area contributed by atoms with Crippen LogP contribution in [0.15, 0.2) is 6.33 Å². The van der Waals surface area contributed by atoms with Crippen LogP contribution in [0.4, 0.5) is 11.6 Å². The summed E-state index contributed by atoms with van der Waals surface area (Å²) in [6.07, 6.45) is 2.45. The third kappa shape index (κ3) is 2.64. The van der Waals surface area contributed by atoms with Crippen molar-refractivity contribution in [1.82, 2.24) is 14.9 Å². The van der Waals surface area contributed by atoms with Gasteiger partial charge in [0.05, 0.1) is 0 Å². The molecule has 0 aromatic carbocycles. The summed E-state index contributed by atoms with van der Waals surface area (Å²) in [7, 11) is 2.18. The summed E-state index contributed by atoms with van der Waals surface area (Å²) in [5.41, 5.74) is 3.76. The van der Waals surface area contributed by atoms with Gasteiger partial charge in [0.1, 0.15) is 18.0 Å². The topological polar surface area (TPSA) is 70.3 Å². The van der Waals surface area contributed by atoms with E-state index >= 15 is 0 Å². The maximum absolute atomic E-state index is 5.53. The van der Waals surface area contributed by atoms with E-state index in [-0.39, 0.29) is 0 Å². The normalized spacial score (nSPS) is 24.6. The quantitative estimate of drug-likeness (QED) is 0.623. The molecule has 2 rings (SSSR count). The van der Waals surface area contributed by atoms with Gasteiger partial charge in [-0.25, -0.2) is 15.8 Å². The zero-order chi connectivity index (χ0) is 14.0. The summed E-state index contributed by atoms with van der Waals surface area (Å²) < 4.78 is 0. The van der Waals surface area contributed by atoms with Gasteiger partial charge in [0.15, 0.2) is 0 Å². The number of anilines is 2. The standard InChI is InChI=1S/C13H24N6/c1-5-11-12(17-14)15-8-16-13(11)19-6-9(2)18(4)10(3)7-19/h8-10H,5-7,14H2,1-4H3,(H,15,16,17). The molecule has 19 heavy (non-hydrogen) atoms. The van der Waals surface area contributed by atoms with Gasteiger partial charge in [-0.15, -0.1) is 0 Å². The Kier molecular flexibility index (Phi) is 4.21. The number of hydrogen-bond donors (Lipinski definition) is 2. The summed E-state index contributed by atoms with van der Waals surface area (Å²) >= 11 is 0. The number of piperazine rings is 1. The Labute approximate surface area is 115 Å². The molecule has 1 saturated heterocycles. The molecule has 2 unspecified atom stereocenters. The van der Waals surface area contributed by atoms with Crippen LogP contribution < -0.4 is 16.2 Å². The number of nitrogens with zero attached hydrogens (tertiary/aromatic N) is 4. The van der Waals surface area contributed by atoms with E-state index < -0.39 is 0 Å².